The van der Waals surface area contributed by atoms with Crippen molar-refractivity contribution in [3.05, 3.63) is 18.2 Å². The summed E-state index contributed by atoms with van der Waals surface area (Å²) in [5.41, 5.74) is 7.18. The fourth-order valence-corrected chi connectivity index (χ4v) is 2.76. The van der Waals surface area contributed by atoms with Crippen molar-refractivity contribution in [3.8, 4) is 0 Å². The van der Waals surface area contributed by atoms with Crippen LogP contribution in [-0.4, -0.2) is 58.6 Å². The maximum atomic E-state index is 5.96. The third kappa shape index (κ3) is 2.91. The number of nitrogens with two attached hydrogens (primary N) is 1. The van der Waals surface area contributed by atoms with E-state index in [1.165, 1.54) is 18.7 Å². The van der Waals surface area contributed by atoms with Gasteiger partial charge in [0, 0.05) is 46.0 Å². The quantitative estimate of drug-likeness (QED) is 0.825. The number of aromatic nitrogens is 2. The van der Waals surface area contributed by atoms with E-state index < -0.39 is 0 Å². The molecular formula is C13H25N5. The Hall–Kier alpha value is -0.910. The molecule has 1 aromatic heterocycles. The Morgan fingerprint density at radius 2 is 2.06 bits per heavy atom. The molecule has 0 aliphatic carbocycles. The number of hydrogen-bond acceptors (Lipinski definition) is 4. The van der Waals surface area contributed by atoms with Gasteiger partial charge in [0.15, 0.2) is 0 Å². The Morgan fingerprint density at radius 1 is 1.33 bits per heavy atom. The van der Waals surface area contributed by atoms with Crippen LogP contribution in [0.2, 0.25) is 0 Å². The predicted molar refractivity (Wildman–Crippen MR) is 73.3 cm³/mol. The Labute approximate surface area is 110 Å². The number of aryl methyl sites for hydroxylation is 1. The minimum atomic E-state index is 0.307. The van der Waals surface area contributed by atoms with Crippen molar-refractivity contribution >= 4 is 0 Å². The second-order valence-electron chi connectivity index (χ2n) is 5.06. The SMILES string of the molecule is CCCN1CCN(C(CN)c2cncn2C)CC1. The topological polar surface area (TPSA) is 50.3 Å². The van der Waals surface area contributed by atoms with Crippen molar-refractivity contribution in [3.63, 3.8) is 0 Å². The molecule has 1 aliphatic heterocycles. The molecule has 1 unspecified atom stereocenters. The molecule has 0 radical (unpaired) electrons. The monoisotopic (exact) mass is 251 g/mol. The van der Waals surface area contributed by atoms with Gasteiger partial charge >= 0.3 is 0 Å². The summed E-state index contributed by atoms with van der Waals surface area (Å²) in [5.74, 6) is 0. The number of rotatable bonds is 5. The van der Waals surface area contributed by atoms with Gasteiger partial charge in [0.1, 0.15) is 0 Å². The molecule has 2 rings (SSSR count). The van der Waals surface area contributed by atoms with E-state index in [2.05, 4.69) is 26.3 Å². The molecule has 0 saturated carbocycles. The fourth-order valence-electron chi connectivity index (χ4n) is 2.76. The van der Waals surface area contributed by atoms with Gasteiger partial charge in [0.2, 0.25) is 0 Å². The lowest BCUT2D eigenvalue weighted by Gasteiger charge is -2.38. The Kier molecular flexibility index (Phi) is 4.74. The van der Waals surface area contributed by atoms with Gasteiger partial charge in [-0.15, -0.1) is 0 Å². The summed E-state index contributed by atoms with van der Waals surface area (Å²) in [6.07, 6.45) is 5.03. The molecule has 1 aromatic rings. The summed E-state index contributed by atoms with van der Waals surface area (Å²) < 4.78 is 2.08. The summed E-state index contributed by atoms with van der Waals surface area (Å²) in [6.45, 7) is 8.63. The van der Waals surface area contributed by atoms with Crippen LogP contribution >= 0.6 is 0 Å². The summed E-state index contributed by atoms with van der Waals surface area (Å²) in [4.78, 5) is 9.22. The first-order valence-electron chi connectivity index (χ1n) is 6.89. The molecule has 1 fully saturated rings. The van der Waals surface area contributed by atoms with E-state index in [0.717, 1.165) is 26.2 Å². The standard InChI is InChI=1S/C13H25N5/c1-3-4-17-5-7-18(8-6-17)12(9-14)13-10-15-11-16(13)2/h10-12H,3-9,14H2,1-2H3. The van der Waals surface area contributed by atoms with Crippen molar-refractivity contribution in [2.45, 2.75) is 19.4 Å². The average Bonchev–Trinajstić information content (AvgIpc) is 2.79. The van der Waals surface area contributed by atoms with Crippen molar-refractivity contribution < 1.29 is 0 Å². The molecule has 1 saturated heterocycles. The molecule has 1 aliphatic rings. The summed E-state index contributed by atoms with van der Waals surface area (Å²) >= 11 is 0. The molecule has 0 amide bonds. The van der Waals surface area contributed by atoms with Crippen molar-refractivity contribution in [2.24, 2.45) is 12.8 Å². The van der Waals surface area contributed by atoms with Gasteiger partial charge in [-0.1, -0.05) is 6.92 Å². The van der Waals surface area contributed by atoms with Crippen LogP contribution in [0.1, 0.15) is 25.1 Å². The van der Waals surface area contributed by atoms with Crippen molar-refractivity contribution in [1.29, 1.82) is 0 Å². The molecule has 0 spiro atoms. The highest BCUT2D eigenvalue weighted by atomic mass is 15.3. The Balaban J connectivity index is 1.97. The van der Waals surface area contributed by atoms with E-state index in [-0.39, 0.29) is 0 Å². The normalized spacial score (nSPS) is 20.2. The van der Waals surface area contributed by atoms with E-state index >= 15 is 0 Å². The molecule has 2 N–H and O–H groups in total. The average molecular weight is 251 g/mol. The first-order valence-corrected chi connectivity index (χ1v) is 6.89. The molecule has 1 atom stereocenters. The summed E-state index contributed by atoms with van der Waals surface area (Å²) in [5, 5.41) is 0. The minimum absolute atomic E-state index is 0.307. The molecule has 18 heavy (non-hydrogen) atoms. The number of nitrogens with zero attached hydrogens (tertiary/aromatic N) is 4. The van der Waals surface area contributed by atoms with Gasteiger partial charge in [0.25, 0.3) is 0 Å². The first-order chi connectivity index (χ1) is 8.76. The highest BCUT2D eigenvalue weighted by Crippen LogP contribution is 2.20. The van der Waals surface area contributed by atoms with Crippen LogP contribution in [0.3, 0.4) is 0 Å². The Morgan fingerprint density at radius 3 is 2.56 bits per heavy atom. The lowest BCUT2D eigenvalue weighted by molar-refractivity contribution is 0.0959. The van der Waals surface area contributed by atoms with Crippen LogP contribution in [0.5, 0.6) is 0 Å². The van der Waals surface area contributed by atoms with Crippen LogP contribution in [0.4, 0.5) is 0 Å². The number of hydrogen-bond donors (Lipinski definition) is 1. The van der Waals surface area contributed by atoms with Gasteiger partial charge in [0.05, 0.1) is 18.1 Å². The maximum Gasteiger partial charge on any atom is 0.0946 e. The summed E-state index contributed by atoms with van der Waals surface area (Å²) in [7, 11) is 2.04. The van der Waals surface area contributed by atoms with Crippen LogP contribution < -0.4 is 5.73 Å². The smallest absolute Gasteiger partial charge is 0.0946 e. The highest BCUT2D eigenvalue weighted by molar-refractivity contribution is 5.06. The highest BCUT2D eigenvalue weighted by Gasteiger charge is 2.25. The molecule has 5 heteroatoms. The molecular weight excluding hydrogens is 226 g/mol. The van der Waals surface area contributed by atoms with Gasteiger partial charge in [-0.2, -0.15) is 0 Å². The van der Waals surface area contributed by atoms with E-state index in [9.17, 15) is 0 Å². The van der Waals surface area contributed by atoms with Gasteiger partial charge in [-0.25, -0.2) is 4.98 Å². The van der Waals surface area contributed by atoms with E-state index in [1.807, 2.05) is 19.6 Å². The second kappa shape index (κ2) is 6.31. The molecule has 2 heterocycles. The largest absolute Gasteiger partial charge is 0.336 e. The van der Waals surface area contributed by atoms with Gasteiger partial charge < -0.3 is 15.2 Å². The maximum absolute atomic E-state index is 5.96. The molecule has 102 valence electrons. The summed E-state index contributed by atoms with van der Waals surface area (Å²) in [6, 6.07) is 0.307. The first kappa shape index (κ1) is 13.5. The Bertz CT molecular complexity index is 354. The second-order valence-corrected chi connectivity index (χ2v) is 5.06. The zero-order valence-corrected chi connectivity index (χ0v) is 11.5. The number of piperazine rings is 1. The molecule has 0 aromatic carbocycles. The van der Waals surface area contributed by atoms with Gasteiger partial charge in [-0.3, -0.25) is 4.90 Å². The minimum Gasteiger partial charge on any atom is -0.336 e. The zero-order valence-electron chi connectivity index (χ0n) is 11.5. The molecule has 0 bridgehead atoms. The van der Waals surface area contributed by atoms with Gasteiger partial charge in [-0.05, 0) is 13.0 Å². The lowest BCUT2D eigenvalue weighted by Crippen LogP contribution is -2.49. The van der Waals surface area contributed by atoms with E-state index in [4.69, 9.17) is 5.73 Å². The zero-order chi connectivity index (χ0) is 13.0. The van der Waals surface area contributed by atoms with Crippen LogP contribution in [0.15, 0.2) is 12.5 Å². The van der Waals surface area contributed by atoms with E-state index in [0.29, 0.717) is 12.6 Å². The molecule has 5 nitrogen and oxygen atoms in total. The third-order valence-electron chi connectivity index (χ3n) is 3.81. The van der Waals surface area contributed by atoms with Crippen LogP contribution in [-0.2, 0) is 7.05 Å². The lowest BCUT2D eigenvalue weighted by atomic mass is 10.1. The van der Waals surface area contributed by atoms with Crippen molar-refractivity contribution in [2.75, 3.05) is 39.3 Å². The van der Waals surface area contributed by atoms with Crippen molar-refractivity contribution in [1.82, 2.24) is 19.4 Å². The number of imidazole rings is 1. The third-order valence-corrected chi connectivity index (χ3v) is 3.81. The van der Waals surface area contributed by atoms with E-state index in [1.54, 1.807) is 0 Å². The fraction of sp³-hybridized carbons (Fsp3) is 0.769. The van der Waals surface area contributed by atoms with Crippen LogP contribution in [0.25, 0.3) is 0 Å². The predicted octanol–water partition coefficient (Wildman–Crippen LogP) is 0.448. The van der Waals surface area contributed by atoms with Crippen LogP contribution in [0, 0.1) is 0 Å².